The maximum atomic E-state index is 15.1. The maximum absolute atomic E-state index is 15.1. The minimum atomic E-state index is -1.99. The predicted molar refractivity (Wildman–Crippen MR) is 152 cm³/mol. The molecule has 11 nitrogen and oxygen atoms in total. The summed E-state index contributed by atoms with van der Waals surface area (Å²) in [6.07, 6.45) is 1.13. The number of ether oxygens (including phenoxy) is 1. The summed E-state index contributed by atoms with van der Waals surface area (Å²) in [5.74, 6) is -1.91. The summed E-state index contributed by atoms with van der Waals surface area (Å²) in [6.45, 7) is 4.40. The normalized spacial score (nSPS) is 19.9. The Kier molecular flexibility index (Phi) is 7.09. The number of esters is 1. The molecule has 0 saturated carbocycles. The Labute approximate surface area is 246 Å². The number of carbonyl (C=O) groups is 3. The van der Waals surface area contributed by atoms with Gasteiger partial charge in [-0.15, -0.1) is 0 Å². The standard InChI is InChI=1S/C31H33FN4O7/c1-4-25(39)35(8-9-37)13-24(38)33-21-7-6-16-15(3)20(32)11-22-26(16)27(21)17-12-36-23(28(17)34-22)10-19-18(29(36)40)14-43-30(41)31(19,42)5-2/h10-11,21,37,42H,4-9,12-14H2,1-3H3,(H,33,38)/t21?,31-/m0/s1. The topological polar surface area (TPSA) is 151 Å². The van der Waals surface area contributed by atoms with Gasteiger partial charge < -0.3 is 29.7 Å². The molecule has 1 aliphatic carbocycles. The van der Waals surface area contributed by atoms with Crippen LogP contribution < -0.4 is 10.9 Å². The number of hydrogen-bond donors (Lipinski definition) is 3. The molecule has 0 saturated heterocycles. The van der Waals surface area contributed by atoms with Crippen LogP contribution in [-0.4, -0.2) is 62.1 Å². The maximum Gasteiger partial charge on any atom is 0.343 e. The van der Waals surface area contributed by atoms with Crippen molar-refractivity contribution in [3.63, 3.8) is 0 Å². The minimum absolute atomic E-state index is 0.000763. The first kappa shape index (κ1) is 28.9. The first-order valence-electron chi connectivity index (χ1n) is 14.5. The van der Waals surface area contributed by atoms with Crippen LogP contribution in [0.1, 0.15) is 72.5 Å². The molecule has 226 valence electrons. The third-order valence-electron chi connectivity index (χ3n) is 9.07. The van der Waals surface area contributed by atoms with E-state index in [0.717, 1.165) is 16.5 Å². The Balaban J connectivity index is 1.51. The number of aryl methyl sites for hydroxylation is 1. The fourth-order valence-electron chi connectivity index (χ4n) is 6.75. The lowest BCUT2D eigenvalue weighted by molar-refractivity contribution is -0.172. The Bertz CT molecular complexity index is 1780. The van der Waals surface area contributed by atoms with Crippen molar-refractivity contribution >= 4 is 28.7 Å². The van der Waals surface area contributed by atoms with E-state index in [1.165, 1.54) is 15.5 Å². The largest absolute Gasteiger partial charge is 0.458 e. The molecule has 0 bridgehead atoms. The molecule has 2 aromatic heterocycles. The van der Waals surface area contributed by atoms with Crippen LogP contribution >= 0.6 is 0 Å². The second-order valence-electron chi connectivity index (χ2n) is 11.4. The summed E-state index contributed by atoms with van der Waals surface area (Å²) < 4.78 is 21.8. The van der Waals surface area contributed by atoms with E-state index in [9.17, 15) is 29.4 Å². The fraction of sp³-hybridized carbons (Fsp3) is 0.452. The van der Waals surface area contributed by atoms with Gasteiger partial charge in [0, 0.05) is 35.5 Å². The van der Waals surface area contributed by atoms with Gasteiger partial charge in [0.05, 0.1) is 48.2 Å². The Morgan fingerprint density at radius 1 is 1.23 bits per heavy atom. The van der Waals surface area contributed by atoms with Gasteiger partial charge in [-0.05, 0) is 48.9 Å². The van der Waals surface area contributed by atoms with Crippen molar-refractivity contribution < 1.29 is 33.7 Å². The van der Waals surface area contributed by atoms with Gasteiger partial charge in [-0.2, -0.15) is 0 Å². The molecule has 2 amide bonds. The first-order valence-corrected chi connectivity index (χ1v) is 14.5. The molecule has 2 atom stereocenters. The van der Waals surface area contributed by atoms with Crippen LogP contribution in [0.2, 0.25) is 0 Å². The number of aliphatic hydroxyl groups is 2. The lowest BCUT2D eigenvalue weighted by Gasteiger charge is -2.31. The Morgan fingerprint density at radius 3 is 2.70 bits per heavy atom. The summed E-state index contributed by atoms with van der Waals surface area (Å²) in [4.78, 5) is 58.0. The van der Waals surface area contributed by atoms with Crippen LogP contribution in [0.25, 0.3) is 22.3 Å². The van der Waals surface area contributed by atoms with Crippen LogP contribution in [0.15, 0.2) is 16.9 Å². The number of nitrogens with one attached hydrogen (secondary N) is 1. The van der Waals surface area contributed by atoms with E-state index in [0.29, 0.717) is 40.9 Å². The van der Waals surface area contributed by atoms with Crippen LogP contribution in [0.3, 0.4) is 0 Å². The van der Waals surface area contributed by atoms with Gasteiger partial charge in [0.15, 0.2) is 5.60 Å². The molecule has 0 spiro atoms. The lowest BCUT2D eigenvalue weighted by atomic mass is 9.81. The summed E-state index contributed by atoms with van der Waals surface area (Å²) in [5, 5.41) is 24.4. The highest BCUT2D eigenvalue weighted by atomic mass is 19.1. The van der Waals surface area contributed by atoms with E-state index in [-0.39, 0.29) is 62.7 Å². The number of aromatic nitrogens is 2. The Morgan fingerprint density at radius 2 is 2.00 bits per heavy atom. The van der Waals surface area contributed by atoms with E-state index < -0.39 is 34.9 Å². The average molecular weight is 593 g/mol. The molecule has 43 heavy (non-hydrogen) atoms. The molecule has 1 unspecified atom stereocenters. The molecular formula is C31H33FN4O7. The van der Waals surface area contributed by atoms with E-state index in [2.05, 4.69) is 5.32 Å². The molecule has 12 heteroatoms. The third kappa shape index (κ3) is 4.34. The van der Waals surface area contributed by atoms with E-state index in [1.807, 2.05) is 0 Å². The van der Waals surface area contributed by atoms with Gasteiger partial charge in [-0.3, -0.25) is 14.4 Å². The SMILES string of the molecule is CCC(=O)N(CCO)CC(=O)NC1CCc2c(C)c(F)cc3nc4c(c1c23)Cn1c-4cc2c(c1=O)COC(=O)[C@]2(O)CC. The number of pyridine rings is 2. The number of rotatable bonds is 7. The van der Waals surface area contributed by atoms with Gasteiger partial charge in [-0.1, -0.05) is 13.8 Å². The highest BCUT2D eigenvalue weighted by molar-refractivity contribution is 5.94. The molecule has 3 N–H and O–H groups in total. The minimum Gasteiger partial charge on any atom is -0.458 e. The van der Waals surface area contributed by atoms with Gasteiger partial charge in [-0.25, -0.2) is 14.2 Å². The van der Waals surface area contributed by atoms with E-state index >= 15 is 4.39 Å². The summed E-state index contributed by atoms with van der Waals surface area (Å²) in [6, 6.07) is 2.43. The smallest absolute Gasteiger partial charge is 0.343 e. The molecule has 2 aliphatic heterocycles. The first-order chi connectivity index (χ1) is 20.5. The van der Waals surface area contributed by atoms with Gasteiger partial charge >= 0.3 is 5.97 Å². The van der Waals surface area contributed by atoms with Crippen molar-refractivity contribution in [3.05, 3.63) is 61.7 Å². The van der Waals surface area contributed by atoms with E-state index in [1.54, 1.807) is 26.8 Å². The lowest BCUT2D eigenvalue weighted by Crippen LogP contribution is -2.44. The van der Waals surface area contributed by atoms with Crippen LogP contribution in [0.5, 0.6) is 0 Å². The molecule has 1 aromatic carbocycles. The second-order valence-corrected chi connectivity index (χ2v) is 11.4. The number of aliphatic hydroxyl groups excluding tert-OH is 1. The summed E-state index contributed by atoms with van der Waals surface area (Å²) in [5.41, 5.74) is 1.84. The van der Waals surface area contributed by atoms with Gasteiger partial charge in [0.25, 0.3) is 5.56 Å². The van der Waals surface area contributed by atoms with Crippen molar-refractivity contribution in [3.8, 4) is 11.4 Å². The fourth-order valence-corrected chi connectivity index (χ4v) is 6.75. The number of hydrogen-bond acceptors (Lipinski definition) is 8. The highest BCUT2D eigenvalue weighted by Crippen LogP contribution is 2.45. The number of carbonyl (C=O) groups excluding carboxylic acids is 3. The molecular weight excluding hydrogens is 559 g/mol. The quantitative estimate of drug-likeness (QED) is 0.275. The number of cyclic esters (lactones) is 1. The van der Waals surface area contributed by atoms with Crippen molar-refractivity contribution in [2.24, 2.45) is 0 Å². The van der Waals surface area contributed by atoms with Crippen molar-refractivity contribution in [2.75, 3.05) is 19.7 Å². The zero-order chi connectivity index (χ0) is 30.8. The van der Waals surface area contributed by atoms with Gasteiger partial charge in [0.1, 0.15) is 12.4 Å². The second kappa shape index (κ2) is 10.5. The summed E-state index contributed by atoms with van der Waals surface area (Å²) in [7, 11) is 0. The third-order valence-corrected chi connectivity index (χ3v) is 9.07. The van der Waals surface area contributed by atoms with Crippen LogP contribution in [0, 0.1) is 12.7 Å². The number of halogens is 1. The molecule has 0 fully saturated rings. The molecule has 3 aromatic rings. The molecule has 4 heterocycles. The predicted octanol–water partition coefficient (Wildman–Crippen LogP) is 1.86. The number of benzene rings is 1. The zero-order valence-electron chi connectivity index (χ0n) is 24.3. The van der Waals surface area contributed by atoms with E-state index in [4.69, 9.17) is 9.72 Å². The number of fused-ring (bicyclic) bond motifs is 5. The number of nitrogens with zero attached hydrogens (tertiary/aromatic N) is 3. The van der Waals surface area contributed by atoms with Crippen molar-refractivity contribution in [1.29, 1.82) is 0 Å². The number of amides is 2. The Hall–Kier alpha value is -4.16. The highest BCUT2D eigenvalue weighted by Gasteiger charge is 2.46. The average Bonchev–Trinajstić information content (AvgIpc) is 3.36. The summed E-state index contributed by atoms with van der Waals surface area (Å²) >= 11 is 0. The molecule has 3 aliphatic rings. The van der Waals surface area contributed by atoms with Crippen molar-refractivity contribution in [1.82, 2.24) is 19.8 Å². The van der Waals surface area contributed by atoms with Crippen LogP contribution in [0.4, 0.5) is 4.39 Å². The zero-order valence-corrected chi connectivity index (χ0v) is 24.3. The molecule has 6 rings (SSSR count). The van der Waals surface area contributed by atoms with Crippen LogP contribution in [-0.2, 0) is 44.3 Å². The van der Waals surface area contributed by atoms with Gasteiger partial charge in [0.2, 0.25) is 11.8 Å². The van der Waals surface area contributed by atoms with Crippen molar-refractivity contribution in [2.45, 2.75) is 71.2 Å². The monoisotopic (exact) mass is 592 g/mol. The molecule has 0 radical (unpaired) electrons.